The van der Waals surface area contributed by atoms with Crippen molar-refractivity contribution in [2.24, 2.45) is 0 Å². The molecule has 0 amide bonds. The first kappa shape index (κ1) is 23.3. The second-order valence-electron chi connectivity index (χ2n) is 6.84. The zero-order chi connectivity index (χ0) is 22.4. The number of methoxy groups -OCH3 is 4. The number of ketones is 1. The van der Waals surface area contributed by atoms with Gasteiger partial charge >= 0.3 is 5.97 Å². The topological polar surface area (TPSA) is 85.2 Å². The normalized spacial score (nSPS) is 11.7. The van der Waals surface area contributed by atoms with E-state index >= 15 is 0 Å². The van der Waals surface area contributed by atoms with E-state index in [4.69, 9.17) is 23.7 Å². The molecule has 0 aliphatic rings. The highest BCUT2D eigenvalue weighted by Crippen LogP contribution is 2.40. The van der Waals surface area contributed by atoms with Crippen LogP contribution in [0.1, 0.15) is 45.1 Å². The Morgan fingerprint density at radius 1 is 0.967 bits per heavy atom. The fourth-order valence-corrected chi connectivity index (χ4v) is 3.60. The number of esters is 1. The van der Waals surface area contributed by atoms with Crippen LogP contribution in [0.2, 0.25) is 0 Å². The molecule has 164 valence electrons. The number of carbonyl (C=O) groups is 2. The highest BCUT2D eigenvalue weighted by Gasteiger charge is 2.24. The van der Waals surface area contributed by atoms with Gasteiger partial charge in [0.2, 0.25) is 11.5 Å². The molecule has 0 spiro atoms. The number of nitrogens with zero attached hydrogens (tertiary/aromatic N) is 1. The molecular formula is C22H29NO7. The van der Waals surface area contributed by atoms with Crippen molar-refractivity contribution in [3.05, 3.63) is 40.7 Å². The average Bonchev–Trinajstić information content (AvgIpc) is 3.04. The van der Waals surface area contributed by atoms with Gasteiger partial charge in [0, 0.05) is 24.1 Å². The highest BCUT2D eigenvalue weighted by molar-refractivity contribution is 6.01. The molecule has 0 saturated carbocycles. The Kier molecular flexibility index (Phi) is 7.88. The third-order valence-corrected chi connectivity index (χ3v) is 4.89. The molecular weight excluding hydrogens is 390 g/mol. The lowest BCUT2D eigenvalue weighted by Gasteiger charge is -2.17. The van der Waals surface area contributed by atoms with Gasteiger partial charge in [-0.3, -0.25) is 4.79 Å². The smallest absolute Gasteiger partial charge is 0.342 e. The first-order valence-electron chi connectivity index (χ1n) is 9.47. The molecule has 0 N–H and O–H groups in total. The number of benzene rings is 1. The maximum absolute atomic E-state index is 12.7. The van der Waals surface area contributed by atoms with Gasteiger partial charge in [0.25, 0.3) is 0 Å². The van der Waals surface area contributed by atoms with Crippen LogP contribution in [0.25, 0.3) is 0 Å². The van der Waals surface area contributed by atoms with Crippen molar-refractivity contribution < 1.29 is 33.3 Å². The molecule has 1 heterocycles. The summed E-state index contributed by atoms with van der Waals surface area (Å²) in [5.41, 5.74) is 2.40. The van der Waals surface area contributed by atoms with Crippen molar-refractivity contribution in [1.82, 2.24) is 4.57 Å². The quantitative estimate of drug-likeness (QED) is 0.431. The van der Waals surface area contributed by atoms with Crippen LogP contribution in [0.5, 0.6) is 17.2 Å². The molecule has 0 unspecified atom stereocenters. The van der Waals surface area contributed by atoms with Crippen LogP contribution in [-0.4, -0.2) is 58.0 Å². The number of hydrogen-bond acceptors (Lipinski definition) is 7. The lowest BCUT2D eigenvalue weighted by atomic mass is 10.1. The SMILES string of the molecule is COC[C@H](C)n1c(C)cc(C(=O)COC(=O)c2ccc(OC)c(OC)c2OC)c1C. The van der Waals surface area contributed by atoms with Gasteiger partial charge < -0.3 is 28.3 Å². The predicted octanol–water partition coefficient (Wildman–Crippen LogP) is 3.38. The molecule has 2 rings (SSSR count). The van der Waals surface area contributed by atoms with E-state index in [2.05, 4.69) is 0 Å². The Balaban J connectivity index is 2.20. The van der Waals surface area contributed by atoms with Crippen molar-refractivity contribution in [3.8, 4) is 17.2 Å². The van der Waals surface area contributed by atoms with Gasteiger partial charge in [-0.1, -0.05) is 0 Å². The molecule has 0 aliphatic heterocycles. The summed E-state index contributed by atoms with van der Waals surface area (Å²) in [5, 5.41) is 0. The molecule has 0 aliphatic carbocycles. The molecule has 1 aromatic carbocycles. The lowest BCUT2D eigenvalue weighted by Crippen LogP contribution is -2.17. The third-order valence-electron chi connectivity index (χ3n) is 4.89. The number of aromatic nitrogens is 1. The number of ether oxygens (including phenoxy) is 5. The van der Waals surface area contributed by atoms with Crippen LogP contribution in [0.15, 0.2) is 18.2 Å². The average molecular weight is 419 g/mol. The standard InChI is InChI=1S/C22H29NO7/c1-13-10-17(15(3)23(13)14(2)11-26-4)18(24)12-30-22(25)16-8-9-19(27-5)21(29-7)20(16)28-6/h8-10,14H,11-12H2,1-7H3/t14-/m0/s1. The van der Waals surface area contributed by atoms with Crippen molar-refractivity contribution in [3.63, 3.8) is 0 Å². The van der Waals surface area contributed by atoms with Crippen LogP contribution in [0, 0.1) is 13.8 Å². The van der Waals surface area contributed by atoms with Crippen molar-refractivity contribution in [1.29, 1.82) is 0 Å². The number of rotatable bonds is 10. The third kappa shape index (κ3) is 4.59. The summed E-state index contributed by atoms with van der Waals surface area (Å²) in [6.45, 7) is 5.94. The van der Waals surface area contributed by atoms with Gasteiger partial charge in [-0.2, -0.15) is 0 Å². The van der Waals surface area contributed by atoms with Gasteiger partial charge in [-0.25, -0.2) is 4.79 Å². The van der Waals surface area contributed by atoms with E-state index in [1.165, 1.54) is 27.4 Å². The predicted molar refractivity (Wildman–Crippen MR) is 111 cm³/mol. The second kappa shape index (κ2) is 10.2. The van der Waals surface area contributed by atoms with E-state index in [9.17, 15) is 9.59 Å². The molecule has 0 bridgehead atoms. The summed E-state index contributed by atoms with van der Waals surface area (Å²) in [7, 11) is 5.98. The Bertz CT molecular complexity index is 917. The van der Waals surface area contributed by atoms with E-state index in [1.807, 2.05) is 25.3 Å². The molecule has 8 nitrogen and oxygen atoms in total. The number of aryl methyl sites for hydroxylation is 1. The zero-order valence-corrected chi connectivity index (χ0v) is 18.5. The largest absolute Gasteiger partial charge is 0.493 e. The number of Topliss-reactive ketones (excluding diaryl/α,β-unsaturated/α-hetero) is 1. The van der Waals surface area contributed by atoms with Crippen LogP contribution in [0.3, 0.4) is 0 Å². The second-order valence-corrected chi connectivity index (χ2v) is 6.84. The van der Waals surface area contributed by atoms with Gasteiger partial charge in [0.15, 0.2) is 18.1 Å². The van der Waals surface area contributed by atoms with E-state index in [-0.39, 0.29) is 35.5 Å². The summed E-state index contributed by atoms with van der Waals surface area (Å²) >= 11 is 0. The Hall–Kier alpha value is -3.00. The van der Waals surface area contributed by atoms with E-state index in [1.54, 1.807) is 19.2 Å². The fraction of sp³-hybridized carbons (Fsp3) is 0.455. The highest BCUT2D eigenvalue weighted by atomic mass is 16.5. The summed E-state index contributed by atoms with van der Waals surface area (Å²) in [5.74, 6) is -0.105. The first-order valence-corrected chi connectivity index (χ1v) is 9.47. The number of hydrogen-bond donors (Lipinski definition) is 0. The molecule has 0 radical (unpaired) electrons. The maximum atomic E-state index is 12.7. The summed E-state index contributed by atoms with van der Waals surface area (Å²) in [6.07, 6.45) is 0. The Labute approximate surface area is 176 Å². The van der Waals surface area contributed by atoms with Gasteiger partial charge in [0.1, 0.15) is 5.56 Å². The molecule has 30 heavy (non-hydrogen) atoms. The summed E-state index contributed by atoms with van der Waals surface area (Å²) in [4.78, 5) is 25.3. The minimum atomic E-state index is -0.692. The van der Waals surface area contributed by atoms with Gasteiger partial charge in [0.05, 0.1) is 34.0 Å². The Morgan fingerprint density at radius 3 is 2.20 bits per heavy atom. The fourth-order valence-electron chi connectivity index (χ4n) is 3.60. The molecule has 8 heteroatoms. The Morgan fingerprint density at radius 2 is 1.63 bits per heavy atom. The van der Waals surface area contributed by atoms with Crippen molar-refractivity contribution in [2.45, 2.75) is 26.8 Å². The molecule has 1 atom stereocenters. The molecule has 0 saturated heterocycles. The van der Waals surface area contributed by atoms with Crippen molar-refractivity contribution in [2.75, 3.05) is 41.7 Å². The van der Waals surface area contributed by atoms with E-state index in [0.29, 0.717) is 17.9 Å². The first-order chi connectivity index (χ1) is 14.3. The lowest BCUT2D eigenvalue weighted by molar-refractivity contribution is 0.0470. The minimum Gasteiger partial charge on any atom is -0.493 e. The molecule has 2 aromatic rings. The van der Waals surface area contributed by atoms with Gasteiger partial charge in [-0.15, -0.1) is 0 Å². The van der Waals surface area contributed by atoms with Crippen molar-refractivity contribution >= 4 is 11.8 Å². The minimum absolute atomic E-state index is 0.0788. The van der Waals surface area contributed by atoms with Crippen LogP contribution in [-0.2, 0) is 9.47 Å². The van der Waals surface area contributed by atoms with Crippen LogP contribution < -0.4 is 14.2 Å². The van der Waals surface area contributed by atoms with E-state index in [0.717, 1.165) is 11.4 Å². The van der Waals surface area contributed by atoms with Gasteiger partial charge in [-0.05, 0) is 39.0 Å². The summed E-state index contributed by atoms with van der Waals surface area (Å²) < 4.78 is 28.3. The monoisotopic (exact) mass is 419 g/mol. The summed E-state index contributed by atoms with van der Waals surface area (Å²) in [6, 6.07) is 4.96. The van der Waals surface area contributed by atoms with Crippen LogP contribution in [0.4, 0.5) is 0 Å². The van der Waals surface area contributed by atoms with E-state index < -0.39 is 5.97 Å². The molecule has 0 fully saturated rings. The molecule has 1 aromatic heterocycles. The van der Waals surface area contributed by atoms with Crippen LogP contribution >= 0.6 is 0 Å². The maximum Gasteiger partial charge on any atom is 0.342 e. The number of carbonyl (C=O) groups excluding carboxylic acids is 2. The zero-order valence-electron chi connectivity index (χ0n) is 18.5.